The van der Waals surface area contributed by atoms with Crippen molar-refractivity contribution in [3.8, 4) is 11.5 Å². The largest absolute Gasteiger partial charge is 0.493 e. The van der Waals surface area contributed by atoms with Crippen molar-refractivity contribution < 1.29 is 9.47 Å². The summed E-state index contributed by atoms with van der Waals surface area (Å²) < 4.78 is 10.3. The molecule has 1 aromatic carbocycles. The third kappa shape index (κ3) is 3.02. The van der Waals surface area contributed by atoms with Crippen molar-refractivity contribution in [1.82, 2.24) is 0 Å². The molecule has 0 saturated heterocycles. The molecule has 4 heteroatoms. The summed E-state index contributed by atoms with van der Waals surface area (Å²) in [4.78, 5) is 0. The third-order valence-corrected chi connectivity index (χ3v) is 2.08. The molecule has 86 valence electrons. The van der Waals surface area contributed by atoms with Crippen LogP contribution >= 0.6 is 0 Å². The summed E-state index contributed by atoms with van der Waals surface area (Å²) in [5, 5.41) is 10.1. The van der Waals surface area contributed by atoms with Gasteiger partial charge in [-0.25, -0.2) is 0 Å². The predicted molar refractivity (Wildman–Crippen MR) is 65.7 cm³/mol. The van der Waals surface area contributed by atoms with Crippen molar-refractivity contribution in [2.75, 3.05) is 19.5 Å². The molecule has 1 aromatic rings. The summed E-state index contributed by atoms with van der Waals surface area (Å²) in [6.45, 7) is 1.85. The van der Waals surface area contributed by atoms with E-state index >= 15 is 0 Å². The zero-order valence-electron chi connectivity index (χ0n) is 9.70. The topological polar surface area (TPSA) is 54.3 Å². The van der Waals surface area contributed by atoms with Crippen LogP contribution in [0.2, 0.25) is 0 Å². The molecule has 0 saturated carbocycles. The fourth-order valence-corrected chi connectivity index (χ4v) is 1.16. The Kier molecular flexibility index (Phi) is 4.39. The lowest BCUT2D eigenvalue weighted by atomic mass is 10.2. The van der Waals surface area contributed by atoms with Gasteiger partial charge in [0.1, 0.15) is 0 Å². The molecule has 0 heterocycles. The van der Waals surface area contributed by atoms with E-state index < -0.39 is 0 Å². The molecule has 0 radical (unpaired) electrons. The highest BCUT2D eigenvalue weighted by Crippen LogP contribution is 2.29. The first-order valence-corrected chi connectivity index (χ1v) is 4.87. The normalized spacial score (nSPS) is 10.8. The van der Waals surface area contributed by atoms with Crippen molar-refractivity contribution in [1.29, 1.82) is 5.41 Å². The minimum absolute atomic E-state index is 0.674. The predicted octanol–water partition coefficient (Wildman–Crippen LogP) is 2.67. The van der Waals surface area contributed by atoms with E-state index in [4.69, 9.17) is 14.9 Å². The monoisotopic (exact) mass is 220 g/mol. The molecule has 0 atom stereocenters. The quantitative estimate of drug-likeness (QED) is 0.750. The number of rotatable bonds is 5. The smallest absolute Gasteiger partial charge is 0.162 e. The number of hydrogen-bond acceptors (Lipinski definition) is 4. The number of hydrogen-bond donors (Lipinski definition) is 2. The molecule has 4 nitrogen and oxygen atoms in total. The van der Waals surface area contributed by atoms with Gasteiger partial charge in [-0.05, 0) is 24.6 Å². The zero-order chi connectivity index (χ0) is 12.0. The van der Waals surface area contributed by atoms with Crippen LogP contribution in [0.5, 0.6) is 11.5 Å². The molecule has 16 heavy (non-hydrogen) atoms. The van der Waals surface area contributed by atoms with E-state index in [1.165, 1.54) is 6.21 Å². The molecule has 0 aliphatic carbocycles. The molecule has 0 bridgehead atoms. The van der Waals surface area contributed by atoms with E-state index in [2.05, 4.69) is 5.32 Å². The second kappa shape index (κ2) is 5.80. The Morgan fingerprint density at radius 3 is 2.50 bits per heavy atom. The van der Waals surface area contributed by atoms with E-state index in [1.54, 1.807) is 20.4 Å². The summed E-state index contributed by atoms with van der Waals surface area (Å²) in [5.41, 5.74) is 1.73. The Morgan fingerprint density at radius 1 is 1.25 bits per heavy atom. The zero-order valence-corrected chi connectivity index (χ0v) is 9.70. The maximum absolute atomic E-state index is 7.04. The van der Waals surface area contributed by atoms with Crippen molar-refractivity contribution in [2.24, 2.45) is 0 Å². The maximum Gasteiger partial charge on any atom is 0.162 e. The van der Waals surface area contributed by atoms with Gasteiger partial charge in [0.05, 0.1) is 14.2 Å². The first-order chi connectivity index (χ1) is 7.71. The standard InChI is InChI=1S/C12H16N2O2/c1-9(7-13)8-14-10-4-5-11(15-2)12(6-10)16-3/h4-8,13-14H,1-3H3/b9-8-,13-7?. The molecule has 0 aliphatic heterocycles. The van der Waals surface area contributed by atoms with Gasteiger partial charge >= 0.3 is 0 Å². The Labute approximate surface area is 95.4 Å². The van der Waals surface area contributed by atoms with Crippen LogP contribution in [0.15, 0.2) is 30.0 Å². The van der Waals surface area contributed by atoms with Crippen LogP contribution in [0.3, 0.4) is 0 Å². The molecule has 2 N–H and O–H groups in total. The first-order valence-electron chi connectivity index (χ1n) is 4.87. The summed E-state index contributed by atoms with van der Waals surface area (Å²) >= 11 is 0. The Bertz CT molecular complexity index is 400. The van der Waals surface area contributed by atoms with E-state index in [0.717, 1.165) is 11.3 Å². The van der Waals surface area contributed by atoms with Crippen LogP contribution in [0.1, 0.15) is 6.92 Å². The van der Waals surface area contributed by atoms with Crippen molar-refractivity contribution >= 4 is 11.9 Å². The van der Waals surface area contributed by atoms with Crippen LogP contribution < -0.4 is 14.8 Å². The lowest BCUT2D eigenvalue weighted by Gasteiger charge is -2.09. The van der Waals surface area contributed by atoms with Gasteiger partial charge in [0, 0.05) is 24.2 Å². The van der Waals surface area contributed by atoms with Gasteiger partial charge in [0.2, 0.25) is 0 Å². The summed E-state index contributed by atoms with van der Waals surface area (Å²) in [6.07, 6.45) is 3.04. The number of anilines is 1. The minimum Gasteiger partial charge on any atom is -0.493 e. The van der Waals surface area contributed by atoms with Gasteiger partial charge in [0.15, 0.2) is 11.5 Å². The molecule has 0 spiro atoms. The van der Waals surface area contributed by atoms with Crippen LogP contribution in [-0.4, -0.2) is 20.4 Å². The average Bonchev–Trinajstić information content (AvgIpc) is 2.35. The summed E-state index contributed by atoms with van der Waals surface area (Å²) in [5.74, 6) is 1.37. The summed E-state index contributed by atoms with van der Waals surface area (Å²) in [7, 11) is 3.20. The van der Waals surface area contributed by atoms with Gasteiger partial charge in [-0.1, -0.05) is 0 Å². The highest BCUT2D eigenvalue weighted by Gasteiger charge is 2.03. The molecular weight excluding hydrogens is 204 g/mol. The molecule has 1 rings (SSSR count). The highest BCUT2D eigenvalue weighted by atomic mass is 16.5. The van der Waals surface area contributed by atoms with Crippen molar-refractivity contribution in [3.05, 3.63) is 30.0 Å². The lowest BCUT2D eigenvalue weighted by molar-refractivity contribution is 0.355. The van der Waals surface area contributed by atoms with Crippen molar-refractivity contribution in [2.45, 2.75) is 6.92 Å². The molecular formula is C12H16N2O2. The second-order valence-electron chi connectivity index (χ2n) is 3.25. The molecule has 0 fully saturated rings. The fourth-order valence-electron chi connectivity index (χ4n) is 1.16. The number of ether oxygens (including phenoxy) is 2. The molecule has 0 aromatic heterocycles. The van der Waals surface area contributed by atoms with E-state index in [1.807, 2.05) is 25.1 Å². The Morgan fingerprint density at radius 2 is 1.94 bits per heavy atom. The SMILES string of the molecule is COc1ccc(N/C=C(/C)C=N)cc1OC. The maximum atomic E-state index is 7.04. The van der Waals surface area contributed by atoms with Crippen LogP contribution in [0.25, 0.3) is 0 Å². The van der Waals surface area contributed by atoms with Crippen LogP contribution in [0.4, 0.5) is 5.69 Å². The lowest BCUT2D eigenvalue weighted by Crippen LogP contribution is -1.94. The first kappa shape index (κ1) is 12.1. The average molecular weight is 220 g/mol. The van der Waals surface area contributed by atoms with Gasteiger partial charge in [-0.15, -0.1) is 0 Å². The second-order valence-corrected chi connectivity index (χ2v) is 3.25. The Hall–Kier alpha value is -1.97. The number of methoxy groups -OCH3 is 2. The van der Waals surface area contributed by atoms with Crippen LogP contribution in [-0.2, 0) is 0 Å². The number of nitrogens with one attached hydrogen (secondary N) is 2. The minimum atomic E-state index is 0.674. The van der Waals surface area contributed by atoms with Gasteiger partial charge in [0.25, 0.3) is 0 Å². The van der Waals surface area contributed by atoms with E-state index in [-0.39, 0.29) is 0 Å². The van der Waals surface area contributed by atoms with Crippen molar-refractivity contribution in [3.63, 3.8) is 0 Å². The Balaban J connectivity index is 2.87. The number of allylic oxidation sites excluding steroid dienone is 1. The number of benzene rings is 1. The van der Waals surface area contributed by atoms with Gasteiger partial charge < -0.3 is 20.2 Å². The third-order valence-electron chi connectivity index (χ3n) is 2.08. The molecule has 0 aliphatic rings. The summed E-state index contributed by atoms with van der Waals surface area (Å²) in [6, 6.07) is 5.55. The highest BCUT2D eigenvalue weighted by molar-refractivity contribution is 5.75. The van der Waals surface area contributed by atoms with Crippen LogP contribution in [0, 0.1) is 5.41 Å². The van der Waals surface area contributed by atoms with Gasteiger partial charge in [-0.3, -0.25) is 0 Å². The molecule has 0 unspecified atom stereocenters. The van der Waals surface area contributed by atoms with Gasteiger partial charge in [-0.2, -0.15) is 0 Å². The van der Waals surface area contributed by atoms with E-state index in [0.29, 0.717) is 11.5 Å². The fraction of sp³-hybridized carbons (Fsp3) is 0.250. The van der Waals surface area contributed by atoms with E-state index in [9.17, 15) is 0 Å². The molecule has 0 amide bonds.